The molecular weight excluding hydrogens is 369 g/mol. The lowest BCUT2D eigenvalue weighted by molar-refractivity contribution is -0.129. The smallest absolute Gasteiger partial charge is 0.416 e. The number of nitrogens with zero attached hydrogens (tertiary/aromatic N) is 1. The van der Waals surface area contributed by atoms with Gasteiger partial charge in [-0.25, -0.2) is 14.1 Å². The summed E-state index contributed by atoms with van der Waals surface area (Å²) in [5, 5.41) is 2.45. The van der Waals surface area contributed by atoms with Gasteiger partial charge in [-0.1, -0.05) is 0 Å². The van der Waals surface area contributed by atoms with E-state index in [0.717, 1.165) is 17.0 Å². The Hall–Kier alpha value is -1.77. The number of amides is 2. The first-order valence-corrected chi connectivity index (χ1v) is 7.12. The monoisotopic (exact) mass is 380 g/mol. The second-order valence-electron chi connectivity index (χ2n) is 4.61. The largest absolute Gasteiger partial charge is 0.447 e. The maximum Gasteiger partial charge on any atom is 0.416 e. The van der Waals surface area contributed by atoms with Gasteiger partial charge in [-0.2, -0.15) is 8.78 Å². The molecule has 120 valence electrons. The summed E-state index contributed by atoms with van der Waals surface area (Å²) >= 11 is 2.21. The Morgan fingerprint density at radius 1 is 1.41 bits per heavy atom. The molecule has 9 heteroatoms. The van der Waals surface area contributed by atoms with Crippen molar-refractivity contribution in [3.63, 3.8) is 0 Å². The Labute approximate surface area is 132 Å². The molecule has 1 aromatic carbocycles. The molecular formula is C13H12BrF3N2O3. The lowest BCUT2D eigenvalue weighted by Gasteiger charge is -2.25. The van der Waals surface area contributed by atoms with Crippen molar-refractivity contribution in [2.45, 2.75) is 17.3 Å². The Kier molecular flexibility index (Phi) is 4.94. The maximum absolute atomic E-state index is 13.6. The number of carbonyl (C=O) groups excluding carboxylic acids is 2. The predicted molar refractivity (Wildman–Crippen MR) is 75.4 cm³/mol. The first kappa shape index (κ1) is 16.6. The van der Waals surface area contributed by atoms with Gasteiger partial charge in [-0.3, -0.25) is 4.79 Å². The van der Waals surface area contributed by atoms with Crippen molar-refractivity contribution in [3.05, 3.63) is 30.1 Å². The lowest BCUT2D eigenvalue weighted by atomic mass is 10.1. The minimum Gasteiger partial charge on any atom is -0.447 e. The highest BCUT2D eigenvalue weighted by Crippen LogP contribution is 2.31. The molecule has 0 aromatic heterocycles. The Morgan fingerprint density at radius 2 is 2.05 bits per heavy atom. The highest BCUT2D eigenvalue weighted by atomic mass is 79.9. The van der Waals surface area contributed by atoms with Crippen LogP contribution in [0, 0.1) is 5.82 Å². The number of carbonyl (C=O) groups is 2. The molecule has 2 rings (SSSR count). The average molecular weight is 381 g/mol. The third-order valence-electron chi connectivity index (χ3n) is 3.02. The quantitative estimate of drug-likeness (QED) is 0.797. The number of hydrogen-bond acceptors (Lipinski definition) is 4. The van der Waals surface area contributed by atoms with Crippen LogP contribution >= 0.6 is 15.9 Å². The standard InChI is InChI=1S/C13H12BrF3N2O3/c14-13(16,17)10(18-9-3-1-8(15)2-4-9)7-11(20)19-5-6-22-12(19)21/h1-4,10,18H,5-7H2. The lowest BCUT2D eigenvalue weighted by Crippen LogP contribution is -2.42. The van der Waals surface area contributed by atoms with Gasteiger partial charge in [0, 0.05) is 5.69 Å². The van der Waals surface area contributed by atoms with Gasteiger partial charge in [0.15, 0.2) is 0 Å². The molecule has 0 spiro atoms. The number of hydrogen-bond donors (Lipinski definition) is 1. The highest BCUT2D eigenvalue weighted by Gasteiger charge is 2.40. The molecule has 1 atom stereocenters. The second kappa shape index (κ2) is 6.55. The second-order valence-corrected chi connectivity index (χ2v) is 5.67. The Bertz CT molecular complexity index is 563. The molecule has 1 aliphatic heterocycles. The van der Waals surface area contributed by atoms with E-state index in [1.807, 2.05) is 0 Å². The molecule has 1 unspecified atom stereocenters. The third-order valence-corrected chi connectivity index (χ3v) is 3.57. The van der Waals surface area contributed by atoms with Gasteiger partial charge >= 0.3 is 10.9 Å². The van der Waals surface area contributed by atoms with Gasteiger partial charge in [-0.15, -0.1) is 0 Å². The molecule has 1 aromatic rings. The topological polar surface area (TPSA) is 58.6 Å². The van der Waals surface area contributed by atoms with Crippen molar-refractivity contribution in [3.8, 4) is 0 Å². The van der Waals surface area contributed by atoms with Crippen molar-refractivity contribution in [1.82, 2.24) is 4.90 Å². The summed E-state index contributed by atoms with van der Waals surface area (Å²) in [4.78, 5) is 20.6. The fourth-order valence-corrected chi connectivity index (χ4v) is 2.18. The predicted octanol–water partition coefficient (Wildman–Crippen LogP) is 2.96. The summed E-state index contributed by atoms with van der Waals surface area (Å²) in [7, 11) is 0. The summed E-state index contributed by atoms with van der Waals surface area (Å²) in [5.41, 5.74) is 0.224. The maximum atomic E-state index is 13.6. The fraction of sp³-hybridized carbons (Fsp3) is 0.385. The molecule has 0 radical (unpaired) electrons. The van der Waals surface area contributed by atoms with Crippen LogP contribution in [0.25, 0.3) is 0 Å². The Morgan fingerprint density at radius 3 is 2.55 bits per heavy atom. The number of halogens is 4. The zero-order valence-electron chi connectivity index (χ0n) is 11.2. The molecule has 1 aliphatic rings. The summed E-state index contributed by atoms with van der Waals surface area (Å²) in [6, 6.07) is 3.14. The van der Waals surface area contributed by atoms with E-state index in [1.54, 1.807) is 0 Å². The van der Waals surface area contributed by atoms with Crippen LogP contribution in [0.4, 0.5) is 23.7 Å². The summed E-state index contributed by atoms with van der Waals surface area (Å²) in [5.74, 6) is -1.29. The van der Waals surface area contributed by atoms with Crippen LogP contribution in [0.2, 0.25) is 0 Å². The number of nitrogens with one attached hydrogen (secondary N) is 1. The van der Waals surface area contributed by atoms with Gasteiger partial charge in [0.2, 0.25) is 5.91 Å². The van der Waals surface area contributed by atoms with Crippen molar-refractivity contribution < 1.29 is 27.5 Å². The van der Waals surface area contributed by atoms with E-state index in [9.17, 15) is 22.8 Å². The molecule has 2 amide bonds. The Balaban J connectivity index is 2.08. The van der Waals surface area contributed by atoms with Gasteiger partial charge < -0.3 is 10.1 Å². The van der Waals surface area contributed by atoms with Crippen molar-refractivity contribution >= 4 is 33.6 Å². The van der Waals surface area contributed by atoms with Crippen molar-refractivity contribution in [1.29, 1.82) is 0 Å². The number of imide groups is 1. The van der Waals surface area contributed by atoms with Crippen LogP contribution in [0.15, 0.2) is 24.3 Å². The average Bonchev–Trinajstić information content (AvgIpc) is 2.85. The number of cyclic esters (lactones) is 1. The van der Waals surface area contributed by atoms with Crippen LogP contribution in [0.5, 0.6) is 0 Å². The van der Waals surface area contributed by atoms with Crippen LogP contribution in [0.3, 0.4) is 0 Å². The third kappa shape index (κ3) is 4.12. The van der Waals surface area contributed by atoms with Crippen molar-refractivity contribution in [2.24, 2.45) is 0 Å². The molecule has 1 heterocycles. The van der Waals surface area contributed by atoms with E-state index in [-0.39, 0.29) is 18.8 Å². The number of benzene rings is 1. The molecule has 1 N–H and O–H groups in total. The number of alkyl halides is 3. The zero-order chi connectivity index (χ0) is 16.3. The summed E-state index contributed by atoms with van der Waals surface area (Å²) in [6.07, 6.45) is -1.48. The van der Waals surface area contributed by atoms with E-state index in [1.165, 1.54) is 12.1 Å². The van der Waals surface area contributed by atoms with Gasteiger partial charge in [0.1, 0.15) is 18.5 Å². The summed E-state index contributed by atoms with van der Waals surface area (Å²) < 4.78 is 44.6. The fourth-order valence-electron chi connectivity index (χ4n) is 1.90. The number of ether oxygens (including phenoxy) is 1. The minimum absolute atomic E-state index is 0.0365. The van der Waals surface area contributed by atoms with E-state index >= 15 is 0 Å². The first-order valence-electron chi connectivity index (χ1n) is 6.33. The van der Waals surface area contributed by atoms with Crippen LogP contribution < -0.4 is 5.32 Å². The van der Waals surface area contributed by atoms with E-state index in [4.69, 9.17) is 0 Å². The molecule has 0 aliphatic carbocycles. The summed E-state index contributed by atoms with van der Waals surface area (Å²) in [6.45, 7) is 0.0835. The van der Waals surface area contributed by atoms with Gasteiger partial charge in [0.25, 0.3) is 0 Å². The van der Waals surface area contributed by atoms with Gasteiger partial charge in [0.05, 0.1) is 13.0 Å². The normalized spacial score (nSPS) is 16.4. The molecule has 22 heavy (non-hydrogen) atoms. The number of rotatable bonds is 5. The van der Waals surface area contributed by atoms with E-state index in [0.29, 0.717) is 0 Å². The van der Waals surface area contributed by atoms with Crippen LogP contribution in [0.1, 0.15) is 6.42 Å². The highest BCUT2D eigenvalue weighted by molar-refractivity contribution is 9.10. The number of anilines is 1. The van der Waals surface area contributed by atoms with Crippen LogP contribution in [-0.4, -0.2) is 40.9 Å². The molecule has 0 bridgehead atoms. The first-order chi connectivity index (χ1) is 10.3. The zero-order valence-corrected chi connectivity index (χ0v) is 12.8. The molecule has 0 saturated carbocycles. The van der Waals surface area contributed by atoms with E-state index in [2.05, 4.69) is 26.0 Å². The molecule has 5 nitrogen and oxygen atoms in total. The molecule has 1 fully saturated rings. The van der Waals surface area contributed by atoms with Crippen molar-refractivity contribution in [2.75, 3.05) is 18.5 Å². The molecule has 1 saturated heterocycles. The van der Waals surface area contributed by atoms with Crippen LogP contribution in [-0.2, 0) is 9.53 Å². The van der Waals surface area contributed by atoms with Gasteiger partial charge in [-0.05, 0) is 40.2 Å². The van der Waals surface area contributed by atoms with E-state index < -0.39 is 35.1 Å². The SMILES string of the molecule is O=C(CC(Nc1ccc(F)cc1)C(F)(F)Br)N1CCOC1=O. The minimum atomic E-state index is -3.40.